The van der Waals surface area contributed by atoms with E-state index in [0.717, 1.165) is 44.8 Å². The lowest BCUT2D eigenvalue weighted by atomic mass is 10.0. The minimum atomic E-state index is -0.580. The van der Waals surface area contributed by atoms with E-state index < -0.39 is 6.04 Å². The van der Waals surface area contributed by atoms with Gasteiger partial charge in [0.2, 0.25) is 5.76 Å². The van der Waals surface area contributed by atoms with Crippen LogP contribution in [0.4, 0.5) is 0 Å². The molecule has 32 heavy (non-hydrogen) atoms. The van der Waals surface area contributed by atoms with Gasteiger partial charge in [0.05, 0.1) is 29.9 Å². The van der Waals surface area contributed by atoms with Crippen LogP contribution in [0.5, 0.6) is 0 Å². The Balaban J connectivity index is 1.54. The summed E-state index contributed by atoms with van der Waals surface area (Å²) in [6, 6.07) is 8.27. The van der Waals surface area contributed by atoms with Gasteiger partial charge < -0.3 is 14.1 Å². The quantitative estimate of drug-likeness (QED) is 0.589. The number of fused-ring (bicyclic) bond motifs is 2. The van der Waals surface area contributed by atoms with E-state index >= 15 is 0 Å². The topological polar surface area (TPSA) is 75.9 Å². The number of carbonyl (C=O) groups excluding carboxylic acids is 1. The molecule has 4 heterocycles. The first-order valence-electron chi connectivity index (χ1n) is 10.8. The third kappa shape index (κ3) is 3.70. The fraction of sp³-hybridized carbons (Fsp3) is 0.375. The van der Waals surface area contributed by atoms with Crippen molar-refractivity contribution in [2.45, 2.75) is 19.4 Å². The number of halogens is 1. The number of hydrogen-bond acceptors (Lipinski definition) is 6. The maximum atomic E-state index is 13.5. The van der Waals surface area contributed by atoms with Crippen LogP contribution in [0.15, 0.2) is 45.7 Å². The first-order chi connectivity index (χ1) is 15.5. The molecule has 1 atom stereocenters. The molecule has 0 N–H and O–H groups in total. The van der Waals surface area contributed by atoms with Gasteiger partial charge >= 0.3 is 0 Å². The van der Waals surface area contributed by atoms with Crippen LogP contribution in [-0.4, -0.2) is 60.1 Å². The first kappa shape index (κ1) is 21.1. The van der Waals surface area contributed by atoms with Crippen LogP contribution >= 0.6 is 11.6 Å². The van der Waals surface area contributed by atoms with E-state index in [2.05, 4.69) is 9.88 Å². The molecule has 2 aromatic heterocycles. The highest BCUT2D eigenvalue weighted by Crippen LogP contribution is 2.38. The predicted molar refractivity (Wildman–Crippen MR) is 121 cm³/mol. The van der Waals surface area contributed by atoms with Crippen LogP contribution in [0.1, 0.15) is 39.8 Å². The van der Waals surface area contributed by atoms with Gasteiger partial charge in [0.15, 0.2) is 5.43 Å². The molecule has 5 rings (SSSR count). The molecule has 1 fully saturated rings. The zero-order valence-electron chi connectivity index (χ0n) is 17.8. The largest absolute Gasteiger partial charge is 0.450 e. The predicted octanol–water partition coefficient (Wildman–Crippen LogP) is 3.42. The molecule has 1 unspecified atom stereocenters. The number of ether oxygens (including phenoxy) is 1. The fourth-order valence-corrected chi connectivity index (χ4v) is 4.67. The maximum Gasteiger partial charge on any atom is 0.290 e. The summed E-state index contributed by atoms with van der Waals surface area (Å²) in [7, 11) is 0. The highest BCUT2D eigenvalue weighted by atomic mass is 35.5. The smallest absolute Gasteiger partial charge is 0.290 e. The number of aryl methyl sites for hydroxylation is 1. The molecule has 7 nitrogen and oxygen atoms in total. The molecule has 0 spiro atoms. The minimum Gasteiger partial charge on any atom is -0.450 e. The average Bonchev–Trinajstić information content (AvgIpc) is 3.09. The summed E-state index contributed by atoms with van der Waals surface area (Å²) in [4.78, 5) is 35.5. The molecule has 1 amide bonds. The second kappa shape index (κ2) is 8.65. The van der Waals surface area contributed by atoms with Gasteiger partial charge in [0, 0.05) is 37.4 Å². The van der Waals surface area contributed by atoms with Crippen molar-refractivity contribution in [3.63, 3.8) is 0 Å². The molecule has 2 aliphatic heterocycles. The van der Waals surface area contributed by atoms with Crippen molar-refractivity contribution in [3.8, 4) is 0 Å². The van der Waals surface area contributed by atoms with E-state index in [1.54, 1.807) is 23.2 Å². The number of benzene rings is 1. The van der Waals surface area contributed by atoms with E-state index in [4.69, 9.17) is 20.8 Å². The Morgan fingerprint density at radius 3 is 2.72 bits per heavy atom. The summed E-state index contributed by atoms with van der Waals surface area (Å²) in [5.74, 6) is -0.171. The lowest BCUT2D eigenvalue weighted by Gasteiger charge is -2.28. The standard InChI is InChI=1S/C24H24ClN3O4/c1-15-13-19-16(14-17(15)25)22(29)20-21(18-5-2-3-6-26-18)28(24(30)23(20)32-19)8-4-7-27-9-11-31-12-10-27/h2-3,5-6,13-14,21H,4,7-12H2,1H3. The van der Waals surface area contributed by atoms with Gasteiger partial charge in [0.25, 0.3) is 5.91 Å². The summed E-state index contributed by atoms with van der Waals surface area (Å²) in [5, 5.41) is 0.870. The number of aromatic nitrogens is 1. The van der Waals surface area contributed by atoms with E-state index in [0.29, 0.717) is 33.8 Å². The molecule has 0 bridgehead atoms. The van der Waals surface area contributed by atoms with Crippen molar-refractivity contribution in [2.75, 3.05) is 39.4 Å². The number of amides is 1. The molecule has 2 aliphatic rings. The van der Waals surface area contributed by atoms with E-state index in [9.17, 15) is 9.59 Å². The van der Waals surface area contributed by atoms with Gasteiger partial charge in [-0.2, -0.15) is 0 Å². The second-order valence-corrected chi connectivity index (χ2v) is 8.64. The van der Waals surface area contributed by atoms with E-state index in [1.165, 1.54) is 0 Å². The van der Waals surface area contributed by atoms with Crippen molar-refractivity contribution in [2.24, 2.45) is 0 Å². The zero-order valence-corrected chi connectivity index (χ0v) is 18.6. The average molecular weight is 454 g/mol. The molecular formula is C24H24ClN3O4. The number of nitrogens with zero attached hydrogens (tertiary/aromatic N) is 3. The Morgan fingerprint density at radius 2 is 1.97 bits per heavy atom. The number of morpholine rings is 1. The van der Waals surface area contributed by atoms with Crippen LogP contribution < -0.4 is 5.43 Å². The van der Waals surface area contributed by atoms with Gasteiger partial charge in [-0.15, -0.1) is 0 Å². The molecule has 166 valence electrons. The molecule has 3 aromatic rings. The highest BCUT2D eigenvalue weighted by Gasteiger charge is 2.43. The van der Waals surface area contributed by atoms with Crippen molar-refractivity contribution in [3.05, 3.63) is 74.4 Å². The monoisotopic (exact) mass is 453 g/mol. The molecule has 0 saturated carbocycles. The van der Waals surface area contributed by atoms with Crippen LogP contribution in [0.2, 0.25) is 5.02 Å². The van der Waals surface area contributed by atoms with Crippen LogP contribution in [0.25, 0.3) is 11.0 Å². The van der Waals surface area contributed by atoms with Gasteiger partial charge in [-0.25, -0.2) is 0 Å². The van der Waals surface area contributed by atoms with E-state index in [-0.39, 0.29) is 17.1 Å². The number of rotatable bonds is 5. The Hall–Kier alpha value is -2.74. The SMILES string of the molecule is Cc1cc2oc3c(c(=O)c2cc1Cl)C(c1ccccn1)N(CCCN1CCOCC1)C3=O. The molecule has 1 aromatic carbocycles. The summed E-state index contributed by atoms with van der Waals surface area (Å²) < 4.78 is 11.4. The Labute approximate surface area is 190 Å². The first-order valence-corrected chi connectivity index (χ1v) is 11.2. The fourth-order valence-electron chi connectivity index (χ4n) is 4.51. The van der Waals surface area contributed by atoms with Crippen molar-refractivity contribution in [1.82, 2.24) is 14.8 Å². The van der Waals surface area contributed by atoms with Crippen LogP contribution in [-0.2, 0) is 4.74 Å². The van der Waals surface area contributed by atoms with Crippen LogP contribution in [0, 0.1) is 6.92 Å². The molecule has 8 heteroatoms. The lowest BCUT2D eigenvalue weighted by Crippen LogP contribution is -2.39. The number of carbonyl (C=O) groups is 1. The van der Waals surface area contributed by atoms with Crippen LogP contribution in [0.3, 0.4) is 0 Å². The summed E-state index contributed by atoms with van der Waals surface area (Å²) in [6.45, 7) is 6.45. The third-order valence-electron chi connectivity index (χ3n) is 6.19. The van der Waals surface area contributed by atoms with Crippen molar-refractivity contribution in [1.29, 1.82) is 0 Å². The van der Waals surface area contributed by atoms with Crippen molar-refractivity contribution < 1.29 is 13.9 Å². The maximum absolute atomic E-state index is 13.5. The lowest BCUT2D eigenvalue weighted by molar-refractivity contribution is 0.0353. The highest BCUT2D eigenvalue weighted by molar-refractivity contribution is 6.32. The zero-order chi connectivity index (χ0) is 22.2. The Bertz CT molecular complexity index is 1220. The summed E-state index contributed by atoms with van der Waals surface area (Å²) >= 11 is 6.28. The third-order valence-corrected chi connectivity index (χ3v) is 6.60. The van der Waals surface area contributed by atoms with Gasteiger partial charge in [-0.05, 0) is 43.2 Å². The molecule has 1 saturated heterocycles. The summed E-state index contributed by atoms with van der Waals surface area (Å²) in [5.41, 5.74) is 1.92. The number of pyridine rings is 1. The normalized spacial score (nSPS) is 19.0. The van der Waals surface area contributed by atoms with Crippen molar-refractivity contribution >= 4 is 28.5 Å². The van der Waals surface area contributed by atoms with Gasteiger partial charge in [-0.1, -0.05) is 17.7 Å². The summed E-state index contributed by atoms with van der Waals surface area (Å²) in [6.07, 6.45) is 2.45. The Kier molecular flexibility index (Phi) is 5.71. The van der Waals surface area contributed by atoms with Gasteiger partial charge in [0.1, 0.15) is 11.6 Å². The Morgan fingerprint density at radius 1 is 1.16 bits per heavy atom. The molecular weight excluding hydrogens is 430 g/mol. The minimum absolute atomic E-state index is 0.103. The van der Waals surface area contributed by atoms with Gasteiger partial charge in [-0.3, -0.25) is 19.5 Å². The van der Waals surface area contributed by atoms with E-state index in [1.807, 2.05) is 25.1 Å². The number of hydrogen-bond donors (Lipinski definition) is 0. The molecule has 0 radical (unpaired) electrons. The second-order valence-electron chi connectivity index (χ2n) is 8.23. The molecule has 0 aliphatic carbocycles.